The molecule has 157 valence electrons. The molecule has 0 rings (SSSR count). The van der Waals surface area contributed by atoms with Crippen molar-refractivity contribution in [1.29, 1.82) is 0 Å². The van der Waals surface area contributed by atoms with Crippen molar-refractivity contribution in [2.75, 3.05) is 7.11 Å². The third-order valence-corrected chi connectivity index (χ3v) is 5.59. The van der Waals surface area contributed by atoms with Gasteiger partial charge in [-0.05, 0) is 6.42 Å². The van der Waals surface area contributed by atoms with Crippen LogP contribution in [0.15, 0.2) is 0 Å². The summed E-state index contributed by atoms with van der Waals surface area (Å²) < 4.78 is 4.96. The maximum absolute atomic E-state index is 4.96. The van der Waals surface area contributed by atoms with Crippen molar-refractivity contribution in [2.45, 2.75) is 148 Å². The lowest BCUT2D eigenvalue weighted by molar-refractivity contribution is 0.262. The van der Waals surface area contributed by atoms with Crippen molar-refractivity contribution >= 4 is 0 Å². The molecule has 0 amide bonds. The lowest BCUT2D eigenvalue weighted by atomic mass is 10.0. The topological polar surface area (TPSA) is 9.23 Å². The molecule has 0 N–H and O–H groups in total. The molecule has 0 fully saturated rings. The Morgan fingerprint density at radius 2 is 0.692 bits per heavy atom. The highest BCUT2D eigenvalue weighted by Gasteiger charge is 1.95. The first-order valence-corrected chi connectivity index (χ1v) is 12.3. The molecule has 1 radical (unpaired) electrons. The molecule has 0 unspecified atom stereocenters. The van der Waals surface area contributed by atoms with Crippen LogP contribution in [0.5, 0.6) is 0 Å². The molecule has 26 heavy (non-hydrogen) atoms. The van der Waals surface area contributed by atoms with Crippen molar-refractivity contribution < 1.29 is 4.74 Å². The Hall–Kier alpha value is -0.0400. The summed E-state index contributed by atoms with van der Waals surface area (Å²) in [6.07, 6.45) is 31.6. The van der Waals surface area contributed by atoms with Crippen LogP contribution in [0.4, 0.5) is 0 Å². The van der Waals surface area contributed by atoms with Gasteiger partial charge in [0, 0.05) is 7.11 Å². The van der Waals surface area contributed by atoms with E-state index >= 15 is 0 Å². The van der Waals surface area contributed by atoms with Gasteiger partial charge in [-0.1, -0.05) is 142 Å². The Morgan fingerprint density at radius 1 is 0.423 bits per heavy atom. The quantitative estimate of drug-likeness (QED) is 0.163. The SMILES string of the molecule is CCCCCCCCCCCCCCCCCCCCCCC[CH]OC. The lowest BCUT2D eigenvalue weighted by Crippen LogP contribution is -1.85. The van der Waals surface area contributed by atoms with E-state index in [2.05, 4.69) is 6.92 Å². The highest BCUT2D eigenvalue weighted by molar-refractivity contribution is 4.53. The molecule has 0 heterocycles. The molecule has 0 bridgehead atoms. The van der Waals surface area contributed by atoms with Gasteiger partial charge in [-0.15, -0.1) is 0 Å². The number of hydrogen-bond acceptors (Lipinski definition) is 1. The molecule has 0 saturated carbocycles. The Labute approximate surface area is 167 Å². The maximum Gasteiger partial charge on any atom is 0.0832 e. The summed E-state index contributed by atoms with van der Waals surface area (Å²) in [7, 11) is 1.75. The van der Waals surface area contributed by atoms with Gasteiger partial charge >= 0.3 is 0 Å². The number of rotatable bonds is 23. The largest absolute Gasteiger partial charge is 0.379 e. The molecule has 1 heteroatoms. The summed E-state index contributed by atoms with van der Waals surface area (Å²) in [5, 5.41) is 0. The minimum atomic E-state index is 1.12. The standard InChI is InChI=1S/C25H51O/c1-3-4-5-6-7-8-9-10-11-12-13-14-15-16-17-18-19-20-21-22-23-24-25-26-2/h25H,3-24H2,1-2H3. The summed E-state index contributed by atoms with van der Waals surface area (Å²) in [6.45, 7) is 4.22. The molecule has 0 aliphatic heterocycles. The zero-order valence-corrected chi connectivity index (χ0v) is 18.5. The first kappa shape index (κ1) is 26.0. The second-order valence-electron chi connectivity index (χ2n) is 8.26. The Bertz CT molecular complexity index is 202. The predicted octanol–water partition coefficient (Wildman–Crippen LogP) is 9.40. The first-order valence-electron chi connectivity index (χ1n) is 12.3. The average molecular weight is 368 g/mol. The number of ether oxygens (including phenoxy) is 1. The van der Waals surface area contributed by atoms with Crippen LogP contribution >= 0.6 is 0 Å². The van der Waals surface area contributed by atoms with E-state index in [1.165, 1.54) is 135 Å². The fourth-order valence-corrected chi connectivity index (χ4v) is 3.78. The third kappa shape index (κ3) is 24.0. The maximum atomic E-state index is 4.96. The summed E-state index contributed by atoms with van der Waals surface area (Å²) in [4.78, 5) is 0. The molecule has 1 nitrogen and oxygen atoms in total. The van der Waals surface area contributed by atoms with E-state index < -0.39 is 0 Å². The lowest BCUT2D eigenvalue weighted by Gasteiger charge is -2.04. The minimum absolute atomic E-state index is 1.12. The zero-order chi connectivity index (χ0) is 19.0. The van der Waals surface area contributed by atoms with Gasteiger partial charge in [-0.3, -0.25) is 0 Å². The fourth-order valence-electron chi connectivity index (χ4n) is 3.78. The third-order valence-electron chi connectivity index (χ3n) is 5.59. The van der Waals surface area contributed by atoms with Gasteiger partial charge in [0.05, 0.1) is 6.61 Å². The zero-order valence-electron chi connectivity index (χ0n) is 18.5. The van der Waals surface area contributed by atoms with E-state index in [4.69, 9.17) is 4.74 Å². The number of methoxy groups -OCH3 is 1. The van der Waals surface area contributed by atoms with E-state index in [1.54, 1.807) is 7.11 Å². The monoisotopic (exact) mass is 367 g/mol. The predicted molar refractivity (Wildman–Crippen MR) is 119 cm³/mol. The fraction of sp³-hybridized carbons (Fsp3) is 0.960. The number of unbranched alkanes of at least 4 members (excludes halogenated alkanes) is 21. The van der Waals surface area contributed by atoms with Crippen LogP contribution in [0.3, 0.4) is 0 Å². The summed E-state index contributed by atoms with van der Waals surface area (Å²) >= 11 is 0. The van der Waals surface area contributed by atoms with Gasteiger partial charge < -0.3 is 4.74 Å². The van der Waals surface area contributed by atoms with Crippen LogP contribution in [0, 0.1) is 6.61 Å². The molecule has 0 aromatic rings. The van der Waals surface area contributed by atoms with Gasteiger partial charge in [0.15, 0.2) is 0 Å². The van der Waals surface area contributed by atoms with Gasteiger partial charge in [0.25, 0.3) is 0 Å². The average Bonchev–Trinajstić information content (AvgIpc) is 2.66. The van der Waals surface area contributed by atoms with Crippen molar-refractivity contribution in [3.05, 3.63) is 6.61 Å². The molecule has 0 saturated heterocycles. The second-order valence-corrected chi connectivity index (χ2v) is 8.26. The van der Waals surface area contributed by atoms with Gasteiger partial charge in [0.2, 0.25) is 0 Å². The van der Waals surface area contributed by atoms with Crippen LogP contribution in [-0.2, 0) is 4.74 Å². The normalized spacial score (nSPS) is 11.3. The van der Waals surface area contributed by atoms with E-state index in [9.17, 15) is 0 Å². The van der Waals surface area contributed by atoms with Crippen LogP contribution in [-0.4, -0.2) is 7.11 Å². The van der Waals surface area contributed by atoms with Crippen molar-refractivity contribution in [3.8, 4) is 0 Å². The molecular weight excluding hydrogens is 316 g/mol. The Morgan fingerprint density at radius 3 is 0.962 bits per heavy atom. The van der Waals surface area contributed by atoms with Crippen molar-refractivity contribution in [1.82, 2.24) is 0 Å². The summed E-state index contributed by atoms with van der Waals surface area (Å²) in [5.41, 5.74) is 0. The van der Waals surface area contributed by atoms with Crippen molar-refractivity contribution in [2.24, 2.45) is 0 Å². The summed E-state index contributed by atoms with van der Waals surface area (Å²) in [6, 6.07) is 0. The molecule has 0 aromatic carbocycles. The summed E-state index contributed by atoms with van der Waals surface area (Å²) in [5.74, 6) is 0. The molecule has 0 aliphatic carbocycles. The molecule has 0 aromatic heterocycles. The van der Waals surface area contributed by atoms with Gasteiger partial charge in [-0.25, -0.2) is 0 Å². The molecule has 0 aliphatic rings. The van der Waals surface area contributed by atoms with Gasteiger partial charge in [-0.2, -0.15) is 0 Å². The van der Waals surface area contributed by atoms with Crippen molar-refractivity contribution in [3.63, 3.8) is 0 Å². The molecule has 0 atom stereocenters. The van der Waals surface area contributed by atoms with Crippen LogP contribution in [0.25, 0.3) is 0 Å². The minimum Gasteiger partial charge on any atom is -0.379 e. The van der Waals surface area contributed by atoms with E-state index in [-0.39, 0.29) is 0 Å². The highest BCUT2D eigenvalue weighted by atomic mass is 16.5. The highest BCUT2D eigenvalue weighted by Crippen LogP contribution is 2.15. The van der Waals surface area contributed by atoms with Crippen LogP contribution in [0.2, 0.25) is 0 Å². The smallest absolute Gasteiger partial charge is 0.0832 e. The second kappa shape index (κ2) is 25.0. The van der Waals surface area contributed by atoms with Crippen LogP contribution < -0.4 is 0 Å². The van der Waals surface area contributed by atoms with E-state index in [0.29, 0.717) is 0 Å². The van der Waals surface area contributed by atoms with Gasteiger partial charge in [0.1, 0.15) is 0 Å². The molecule has 0 spiro atoms. The Balaban J connectivity index is 2.95. The Kier molecular flexibility index (Phi) is 24.9. The number of hydrogen-bond donors (Lipinski definition) is 0. The van der Waals surface area contributed by atoms with E-state index in [0.717, 1.165) is 6.42 Å². The molecular formula is C25H51O. The van der Waals surface area contributed by atoms with Crippen LogP contribution in [0.1, 0.15) is 148 Å². The first-order chi connectivity index (χ1) is 12.9. The van der Waals surface area contributed by atoms with E-state index in [1.807, 2.05) is 6.61 Å².